The molecule has 7 heteroatoms. The van der Waals surface area contributed by atoms with Gasteiger partial charge in [0.05, 0.1) is 5.56 Å². The van der Waals surface area contributed by atoms with Gasteiger partial charge in [-0.2, -0.15) is 13.2 Å². The van der Waals surface area contributed by atoms with Gasteiger partial charge in [-0.05, 0) is 53.6 Å². The van der Waals surface area contributed by atoms with Crippen molar-refractivity contribution in [1.29, 1.82) is 0 Å². The number of anilines is 2. The lowest BCUT2D eigenvalue weighted by atomic mass is 9.97. The van der Waals surface area contributed by atoms with Gasteiger partial charge in [-0.1, -0.05) is 12.1 Å². The van der Waals surface area contributed by atoms with Gasteiger partial charge in [-0.15, -0.1) is 0 Å². The Bertz CT molecular complexity index is 988. The van der Waals surface area contributed by atoms with Crippen LogP contribution >= 0.6 is 0 Å². The Hall–Kier alpha value is -3.35. The van der Waals surface area contributed by atoms with Crippen LogP contribution in [0, 0.1) is 0 Å². The summed E-state index contributed by atoms with van der Waals surface area (Å²) < 4.78 is 39.0. The van der Waals surface area contributed by atoms with Crippen molar-refractivity contribution >= 4 is 17.3 Å². The number of aromatic nitrogens is 1. The molecule has 28 heavy (non-hydrogen) atoms. The first-order chi connectivity index (χ1) is 13.3. The Morgan fingerprint density at radius 1 is 1.07 bits per heavy atom. The summed E-state index contributed by atoms with van der Waals surface area (Å²) in [6.45, 7) is 0. The Labute approximate surface area is 160 Å². The predicted molar refractivity (Wildman–Crippen MR) is 102 cm³/mol. The number of carbonyl (C=O) groups excluding carboxylic acids is 1. The summed E-state index contributed by atoms with van der Waals surface area (Å²) in [4.78, 5) is 18.2. The standard InChI is InChI=1S/C21H18F3N3O/c1-27(16-5-2-4-15(13-16)21(22,23)24)20(28)17-6-3-7-19(25)18(17)12-14-8-10-26-11-9-14/h2-11,13H,12,25H2,1H3. The Balaban J connectivity index is 1.96. The van der Waals surface area contributed by atoms with Gasteiger partial charge in [0.1, 0.15) is 0 Å². The van der Waals surface area contributed by atoms with Crippen molar-refractivity contribution in [2.75, 3.05) is 17.7 Å². The van der Waals surface area contributed by atoms with E-state index in [9.17, 15) is 18.0 Å². The molecule has 3 rings (SSSR count). The summed E-state index contributed by atoms with van der Waals surface area (Å²) in [5.41, 5.74) is 7.76. The van der Waals surface area contributed by atoms with Gasteiger partial charge in [0.25, 0.3) is 5.91 Å². The molecule has 0 saturated heterocycles. The fraction of sp³-hybridized carbons (Fsp3) is 0.143. The number of nitrogen functional groups attached to an aromatic ring is 1. The second-order valence-electron chi connectivity index (χ2n) is 6.32. The van der Waals surface area contributed by atoms with Gasteiger partial charge < -0.3 is 10.6 Å². The first-order valence-corrected chi connectivity index (χ1v) is 8.49. The lowest BCUT2D eigenvalue weighted by molar-refractivity contribution is -0.137. The smallest absolute Gasteiger partial charge is 0.398 e. The summed E-state index contributed by atoms with van der Waals surface area (Å²) >= 11 is 0. The molecule has 0 spiro atoms. The third kappa shape index (κ3) is 4.14. The highest BCUT2D eigenvalue weighted by molar-refractivity contribution is 6.07. The highest BCUT2D eigenvalue weighted by Crippen LogP contribution is 2.32. The summed E-state index contributed by atoms with van der Waals surface area (Å²) in [5.74, 6) is -0.435. The van der Waals surface area contributed by atoms with E-state index in [1.54, 1.807) is 30.6 Å². The molecule has 0 aliphatic carbocycles. The molecule has 4 nitrogen and oxygen atoms in total. The largest absolute Gasteiger partial charge is 0.416 e. The maximum absolute atomic E-state index is 13.0. The molecule has 0 radical (unpaired) electrons. The molecule has 0 atom stereocenters. The van der Waals surface area contributed by atoms with Crippen LogP contribution in [0.3, 0.4) is 0 Å². The number of rotatable bonds is 4. The second-order valence-corrected chi connectivity index (χ2v) is 6.32. The molecular formula is C21H18F3N3O. The highest BCUT2D eigenvalue weighted by Gasteiger charge is 2.31. The summed E-state index contributed by atoms with van der Waals surface area (Å²) in [7, 11) is 1.44. The van der Waals surface area contributed by atoms with Crippen LogP contribution in [0.5, 0.6) is 0 Å². The molecule has 2 aromatic carbocycles. The van der Waals surface area contributed by atoms with Gasteiger partial charge in [0.2, 0.25) is 0 Å². The maximum Gasteiger partial charge on any atom is 0.416 e. The van der Waals surface area contributed by atoms with Gasteiger partial charge in [0, 0.05) is 42.8 Å². The molecule has 0 unspecified atom stereocenters. The van der Waals surface area contributed by atoms with E-state index in [0.717, 1.165) is 17.7 Å². The van der Waals surface area contributed by atoms with Crippen LogP contribution in [-0.2, 0) is 12.6 Å². The first kappa shape index (κ1) is 19.4. The highest BCUT2D eigenvalue weighted by atomic mass is 19.4. The monoisotopic (exact) mass is 385 g/mol. The van der Waals surface area contributed by atoms with E-state index in [2.05, 4.69) is 4.98 Å². The fourth-order valence-electron chi connectivity index (χ4n) is 2.90. The van der Waals surface area contributed by atoms with E-state index in [0.29, 0.717) is 23.2 Å². The topological polar surface area (TPSA) is 59.2 Å². The van der Waals surface area contributed by atoms with Gasteiger partial charge in [-0.25, -0.2) is 0 Å². The molecule has 3 aromatic rings. The number of pyridine rings is 1. The number of hydrogen-bond acceptors (Lipinski definition) is 3. The SMILES string of the molecule is CN(C(=O)c1cccc(N)c1Cc1ccncc1)c1cccc(C(F)(F)F)c1. The molecule has 2 N–H and O–H groups in total. The van der Waals surface area contributed by atoms with Crippen molar-refractivity contribution < 1.29 is 18.0 Å². The fourth-order valence-corrected chi connectivity index (χ4v) is 2.90. The van der Waals surface area contributed by atoms with Gasteiger partial charge in [-0.3, -0.25) is 9.78 Å². The minimum Gasteiger partial charge on any atom is -0.398 e. The van der Waals surface area contributed by atoms with Crippen LogP contribution in [0.2, 0.25) is 0 Å². The van der Waals surface area contributed by atoms with E-state index >= 15 is 0 Å². The third-order valence-corrected chi connectivity index (χ3v) is 4.44. The Morgan fingerprint density at radius 2 is 1.75 bits per heavy atom. The van der Waals surface area contributed by atoms with E-state index < -0.39 is 17.6 Å². The zero-order valence-corrected chi connectivity index (χ0v) is 15.1. The van der Waals surface area contributed by atoms with Crippen LogP contribution in [-0.4, -0.2) is 17.9 Å². The lowest BCUT2D eigenvalue weighted by Crippen LogP contribution is -2.28. The molecule has 0 fully saturated rings. The molecule has 1 heterocycles. The summed E-state index contributed by atoms with van der Waals surface area (Å²) in [6, 6.07) is 13.3. The minimum atomic E-state index is -4.48. The quantitative estimate of drug-likeness (QED) is 0.671. The zero-order valence-electron chi connectivity index (χ0n) is 15.1. The van der Waals surface area contributed by atoms with Crippen molar-refractivity contribution in [3.8, 4) is 0 Å². The van der Waals surface area contributed by atoms with Crippen LogP contribution in [0.4, 0.5) is 24.5 Å². The molecule has 0 bridgehead atoms. The molecule has 1 amide bonds. The van der Waals surface area contributed by atoms with Gasteiger partial charge >= 0.3 is 6.18 Å². The number of alkyl halides is 3. The number of nitrogens with zero attached hydrogens (tertiary/aromatic N) is 2. The van der Waals surface area contributed by atoms with Crippen molar-refractivity contribution in [1.82, 2.24) is 4.98 Å². The average molecular weight is 385 g/mol. The van der Waals surface area contributed by atoms with Crippen LogP contribution < -0.4 is 10.6 Å². The molecule has 0 saturated carbocycles. The molecule has 0 aliphatic heterocycles. The van der Waals surface area contributed by atoms with Crippen LogP contribution in [0.1, 0.15) is 27.0 Å². The van der Waals surface area contributed by atoms with Crippen molar-refractivity contribution in [2.45, 2.75) is 12.6 Å². The van der Waals surface area contributed by atoms with E-state index in [4.69, 9.17) is 5.73 Å². The summed E-state index contributed by atoms with van der Waals surface area (Å²) in [5, 5.41) is 0. The summed E-state index contributed by atoms with van der Waals surface area (Å²) in [6.07, 6.45) is -0.786. The third-order valence-electron chi connectivity index (χ3n) is 4.44. The molecule has 0 aliphatic rings. The van der Waals surface area contributed by atoms with E-state index in [-0.39, 0.29) is 5.69 Å². The van der Waals surface area contributed by atoms with Crippen LogP contribution in [0.25, 0.3) is 0 Å². The van der Waals surface area contributed by atoms with E-state index in [1.165, 1.54) is 24.1 Å². The number of nitrogens with two attached hydrogens (primary N) is 1. The lowest BCUT2D eigenvalue weighted by Gasteiger charge is -2.21. The Kier molecular flexibility index (Phi) is 5.35. The number of halogens is 3. The predicted octanol–water partition coefficient (Wildman–Crippen LogP) is 4.55. The Morgan fingerprint density at radius 3 is 2.43 bits per heavy atom. The maximum atomic E-state index is 13.0. The van der Waals surface area contributed by atoms with Crippen molar-refractivity contribution in [3.63, 3.8) is 0 Å². The second kappa shape index (κ2) is 7.72. The van der Waals surface area contributed by atoms with Gasteiger partial charge in [0.15, 0.2) is 0 Å². The molecular weight excluding hydrogens is 367 g/mol. The average Bonchev–Trinajstić information content (AvgIpc) is 2.68. The van der Waals surface area contributed by atoms with Crippen molar-refractivity contribution in [2.24, 2.45) is 0 Å². The number of benzene rings is 2. The number of amides is 1. The zero-order chi connectivity index (χ0) is 20.3. The van der Waals surface area contributed by atoms with Crippen LogP contribution in [0.15, 0.2) is 67.0 Å². The molecule has 144 valence electrons. The minimum absolute atomic E-state index is 0.150. The van der Waals surface area contributed by atoms with E-state index in [1.807, 2.05) is 12.1 Å². The number of hydrogen-bond donors (Lipinski definition) is 1. The number of carbonyl (C=O) groups is 1. The molecule has 1 aromatic heterocycles. The van der Waals surface area contributed by atoms with Crippen molar-refractivity contribution in [3.05, 3.63) is 89.2 Å². The normalized spacial score (nSPS) is 11.3. The first-order valence-electron chi connectivity index (χ1n) is 8.49.